The van der Waals surface area contributed by atoms with Gasteiger partial charge in [0, 0.05) is 6.42 Å². The molecule has 306 valence electrons. The number of carbonyl (C=O) groups is 1. The summed E-state index contributed by atoms with van der Waals surface area (Å²) in [5.41, 5.74) is 0. The minimum atomic E-state index is -4.35. The highest BCUT2D eigenvalue weighted by atomic mass is 32.2. The number of hydrogen-bond donors (Lipinski definition) is 3. The molecule has 0 aliphatic carbocycles. The molecule has 0 aromatic carbocycles. The number of rotatable bonds is 40. The molecule has 0 aromatic rings. The number of aliphatic hydroxyl groups excluding tert-OH is 1. The van der Waals surface area contributed by atoms with Gasteiger partial charge in [-0.15, -0.1) is 0 Å². The molecule has 0 aliphatic rings. The third-order valence-electron chi connectivity index (χ3n) is 10.1. The van der Waals surface area contributed by atoms with Gasteiger partial charge in [0.05, 0.1) is 17.9 Å². The molecular formula is C45H85NO5S. The van der Waals surface area contributed by atoms with Crippen molar-refractivity contribution in [2.24, 2.45) is 0 Å². The second-order valence-corrected chi connectivity index (χ2v) is 16.8. The third-order valence-corrected chi connectivity index (χ3v) is 10.8. The Labute approximate surface area is 323 Å². The largest absolute Gasteiger partial charge is 0.387 e. The molecule has 52 heavy (non-hydrogen) atoms. The van der Waals surface area contributed by atoms with Crippen molar-refractivity contribution >= 4 is 16.0 Å². The normalized spacial score (nSPS) is 13.5. The van der Waals surface area contributed by atoms with Crippen molar-refractivity contribution in [1.82, 2.24) is 5.32 Å². The van der Waals surface area contributed by atoms with Crippen molar-refractivity contribution < 1.29 is 22.9 Å². The fourth-order valence-electron chi connectivity index (χ4n) is 6.72. The summed E-state index contributed by atoms with van der Waals surface area (Å²) in [5, 5.41) is 13.3. The molecule has 0 fully saturated rings. The van der Waals surface area contributed by atoms with E-state index in [0.717, 1.165) is 57.8 Å². The van der Waals surface area contributed by atoms with Gasteiger partial charge in [-0.05, 0) is 51.4 Å². The van der Waals surface area contributed by atoms with Crippen LogP contribution in [-0.4, -0.2) is 41.9 Å². The first-order valence-corrected chi connectivity index (χ1v) is 23.8. The molecule has 0 aromatic heterocycles. The van der Waals surface area contributed by atoms with E-state index >= 15 is 0 Å². The molecule has 0 rings (SSSR count). The van der Waals surface area contributed by atoms with Crippen LogP contribution in [0.3, 0.4) is 0 Å². The smallest absolute Gasteiger partial charge is 0.267 e. The van der Waals surface area contributed by atoms with Gasteiger partial charge in [0.1, 0.15) is 0 Å². The molecule has 0 heterocycles. The Morgan fingerprint density at radius 1 is 0.519 bits per heavy atom. The van der Waals surface area contributed by atoms with Gasteiger partial charge in [-0.3, -0.25) is 9.35 Å². The van der Waals surface area contributed by atoms with Crippen LogP contribution in [0.2, 0.25) is 0 Å². The Bertz CT molecular complexity index is 961. The lowest BCUT2D eigenvalue weighted by Gasteiger charge is -2.21. The first kappa shape index (κ1) is 50.6. The summed E-state index contributed by atoms with van der Waals surface area (Å²) in [7, 11) is -4.35. The Morgan fingerprint density at radius 2 is 0.865 bits per heavy atom. The maximum absolute atomic E-state index is 12.5. The van der Waals surface area contributed by atoms with Gasteiger partial charge in [0.25, 0.3) is 10.1 Å². The van der Waals surface area contributed by atoms with Crippen molar-refractivity contribution in [3.05, 3.63) is 36.5 Å². The number of unbranched alkanes of at least 4 members (excludes halogenated alkanes) is 28. The number of hydrogen-bond acceptors (Lipinski definition) is 4. The van der Waals surface area contributed by atoms with Gasteiger partial charge in [-0.2, -0.15) is 8.42 Å². The highest BCUT2D eigenvalue weighted by Gasteiger charge is 2.24. The van der Waals surface area contributed by atoms with Gasteiger partial charge < -0.3 is 10.4 Å². The third kappa shape index (κ3) is 39.8. The second kappa shape index (κ2) is 39.3. The predicted octanol–water partition coefficient (Wildman–Crippen LogP) is 13.3. The molecular weight excluding hydrogens is 667 g/mol. The summed E-state index contributed by atoms with van der Waals surface area (Å²) in [5.74, 6) is -0.985. The van der Waals surface area contributed by atoms with Crippen molar-refractivity contribution in [1.29, 1.82) is 0 Å². The van der Waals surface area contributed by atoms with E-state index in [4.69, 9.17) is 0 Å². The number of amides is 1. The van der Waals surface area contributed by atoms with Crippen LogP contribution in [-0.2, 0) is 14.9 Å². The average molecular weight is 752 g/mol. The molecule has 0 bridgehead atoms. The number of carbonyl (C=O) groups excluding carboxylic acids is 1. The standard InChI is InChI=1S/C45H85NO5S/c1-3-5-7-9-11-13-15-17-19-21-22-23-25-26-28-30-32-34-36-38-40-44(47)43(42-52(49,50)51)46-45(48)41-39-37-35-33-31-29-27-24-20-18-16-14-12-10-8-6-4-2/h12,14,18,20,38,40,43-44,47H,3-11,13,15-17,19,21-37,39,41-42H2,1-2H3,(H,46,48)(H,49,50,51)/b14-12-,20-18-,40-38+. The van der Waals surface area contributed by atoms with Gasteiger partial charge >= 0.3 is 0 Å². The zero-order chi connectivity index (χ0) is 38.2. The first-order chi connectivity index (χ1) is 25.3. The molecule has 0 saturated heterocycles. The molecule has 0 radical (unpaired) electrons. The van der Waals surface area contributed by atoms with E-state index < -0.39 is 28.0 Å². The maximum atomic E-state index is 12.5. The average Bonchev–Trinajstić information content (AvgIpc) is 3.11. The van der Waals surface area contributed by atoms with Crippen LogP contribution in [0.1, 0.15) is 226 Å². The Hall–Kier alpha value is -1.44. The van der Waals surface area contributed by atoms with E-state index in [2.05, 4.69) is 43.5 Å². The quantitative estimate of drug-likeness (QED) is 0.0328. The van der Waals surface area contributed by atoms with E-state index in [9.17, 15) is 22.9 Å². The van der Waals surface area contributed by atoms with Crippen LogP contribution in [0.4, 0.5) is 0 Å². The summed E-state index contributed by atoms with van der Waals surface area (Å²) in [6.45, 7) is 4.51. The summed E-state index contributed by atoms with van der Waals surface area (Å²) in [6, 6.07) is -1.06. The van der Waals surface area contributed by atoms with E-state index in [1.165, 1.54) is 148 Å². The molecule has 0 aliphatic heterocycles. The minimum Gasteiger partial charge on any atom is -0.387 e. The van der Waals surface area contributed by atoms with Crippen LogP contribution in [0, 0.1) is 0 Å². The molecule has 2 unspecified atom stereocenters. The Kier molecular flexibility index (Phi) is 38.2. The highest BCUT2D eigenvalue weighted by Crippen LogP contribution is 2.15. The van der Waals surface area contributed by atoms with Crippen LogP contribution in [0.5, 0.6) is 0 Å². The molecule has 0 spiro atoms. The van der Waals surface area contributed by atoms with E-state index in [1.54, 1.807) is 6.08 Å². The number of nitrogens with one attached hydrogen (secondary N) is 1. The summed E-state index contributed by atoms with van der Waals surface area (Å²) in [4.78, 5) is 12.5. The van der Waals surface area contributed by atoms with Crippen LogP contribution < -0.4 is 5.32 Å². The summed E-state index contributed by atoms with van der Waals surface area (Å²) >= 11 is 0. The van der Waals surface area contributed by atoms with Crippen LogP contribution in [0.15, 0.2) is 36.5 Å². The van der Waals surface area contributed by atoms with Gasteiger partial charge in [-0.1, -0.05) is 204 Å². The fourth-order valence-corrected chi connectivity index (χ4v) is 7.45. The van der Waals surface area contributed by atoms with Gasteiger partial charge in [-0.25, -0.2) is 0 Å². The van der Waals surface area contributed by atoms with Crippen LogP contribution in [0.25, 0.3) is 0 Å². The number of allylic oxidation sites excluding steroid dienone is 5. The predicted molar refractivity (Wildman–Crippen MR) is 225 cm³/mol. The molecule has 1 amide bonds. The van der Waals surface area contributed by atoms with E-state index in [-0.39, 0.29) is 12.3 Å². The highest BCUT2D eigenvalue weighted by molar-refractivity contribution is 7.85. The fraction of sp³-hybridized carbons (Fsp3) is 0.844. The minimum absolute atomic E-state index is 0.285. The zero-order valence-corrected chi connectivity index (χ0v) is 35.0. The summed E-state index contributed by atoms with van der Waals surface area (Å²) in [6.07, 6.45) is 51.3. The second-order valence-electron chi connectivity index (χ2n) is 15.3. The zero-order valence-electron chi connectivity index (χ0n) is 34.2. The van der Waals surface area contributed by atoms with Gasteiger partial charge in [0.15, 0.2) is 0 Å². The number of aliphatic hydroxyl groups is 1. The van der Waals surface area contributed by atoms with Crippen molar-refractivity contribution in [3.8, 4) is 0 Å². The van der Waals surface area contributed by atoms with E-state index in [1.807, 2.05) is 6.08 Å². The monoisotopic (exact) mass is 752 g/mol. The molecule has 2 atom stereocenters. The lowest BCUT2D eigenvalue weighted by Crippen LogP contribution is -2.46. The Balaban J connectivity index is 3.88. The van der Waals surface area contributed by atoms with Crippen molar-refractivity contribution in [2.45, 2.75) is 238 Å². The lowest BCUT2D eigenvalue weighted by atomic mass is 10.0. The molecule has 7 heteroatoms. The molecule has 3 N–H and O–H groups in total. The van der Waals surface area contributed by atoms with Crippen molar-refractivity contribution in [3.63, 3.8) is 0 Å². The van der Waals surface area contributed by atoms with Gasteiger partial charge in [0.2, 0.25) is 5.91 Å². The Morgan fingerprint density at radius 3 is 1.29 bits per heavy atom. The summed E-state index contributed by atoms with van der Waals surface area (Å²) < 4.78 is 32.5. The molecule has 6 nitrogen and oxygen atoms in total. The lowest BCUT2D eigenvalue weighted by molar-refractivity contribution is -0.122. The maximum Gasteiger partial charge on any atom is 0.267 e. The van der Waals surface area contributed by atoms with Crippen molar-refractivity contribution in [2.75, 3.05) is 5.75 Å². The van der Waals surface area contributed by atoms with Crippen LogP contribution >= 0.6 is 0 Å². The SMILES string of the molecule is CCCCC/C=C\C/C=C\CCCCCCCCCC(=O)NC(CS(=O)(=O)O)C(O)/C=C/CCCCCCCCCCCCCCCCCCCC. The topological polar surface area (TPSA) is 104 Å². The first-order valence-electron chi connectivity index (χ1n) is 22.2. The van der Waals surface area contributed by atoms with E-state index in [0.29, 0.717) is 0 Å². The molecule has 0 saturated carbocycles.